The Hall–Kier alpha value is -3.16. The highest BCUT2D eigenvalue weighted by Crippen LogP contribution is 2.29. The third-order valence-electron chi connectivity index (χ3n) is 3.48. The lowest BCUT2D eigenvalue weighted by atomic mass is 10.0. The fourth-order valence-electron chi connectivity index (χ4n) is 2.40. The van der Waals surface area contributed by atoms with Gasteiger partial charge in [-0.05, 0) is 30.7 Å². The van der Waals surface area contributed by atoms with Crippen LogP contribution in [0, 0.1) is 6.92 Å². The summed E-state index contributed by atoms with van der Waals surface area (Å²) in [5.74, 6) is -0.609. The molecule has 2 N–H and O–H groups in total. The number of nitrogens with zero attached hydrogens (tertiary/aromatic N) is 3. The van der Waals surface area contributed by atoms with E-state index in [-0.39, 0.29) is 5.70 Å². The van der Waals surface area contributed by atoms with Crippen molar-refractivity contribution in [1.29, 1.82) is 0 Å². The maximum absolute atomic E-state index is 11.5. The summed E-state index contributed by atoms with van der Waals surface area (Å²) < 4.78 is 6.27. The zero-order valence-electron chi connectivity index (χ0n) is 12.5. The monoisotopic (exact) mass is 314 g/mol. The Bertz CT molecular complexity index is 807. The van der Waals surface area contributed by atoms with E-state index in [1.807, 2.05) is 0 Å². The van der Waals surface area contributed by atoms with E-state index in [0.29, 0.717) is 17.3 Å². The van der Waals surface area contributed by atoms with Gasteiger partial charge < -0.3 is 15.2 Å². The van der Waals surface area contributed by atoms with E-state index < -0.39 is 18.0 Å². The maximum atomic E-state index is 11.5. The van der Waals surface area contributed by atoms with Crippen LogP contribution in [-0.4, -0.2) is 38.9 Å². The smallest absolute Gasteiger partial charge is 0.352 e. The van der Waals surface area contributed by atoms with Gasteiger partial charge in [0, 0.05) is 0 Å². The number of hydrogen-bond donors (Lipinski definition) is 2. The number of hydrogen-bond acceptors (Lipinski definition) is 6. The van der Waals surface area contributed by atoms with Gasteiger partial charge in [-0.15, -0.1) is 0 Å². The highest BCUT2D eigenvalue weighted by Gasteiger charge is 2.26. The van der Waals surface area contributed by atoms with E-state index in [9.17, 15) is 14.7 Å². The first kappa shape index (κ1) is 14.8. The Labute approximate surface area is 131 Å². The van der Waals surface area contributed by atoms with Crippen LogP contribution in [0.3, 0.4) is 0 Å². The minimum absolute atomic E-state index is 0.0342. The van der Waals surface area contributed by atoms with Crippen molar-refractivity contribution in [3.05, 3.63) is 53.0 Å². The minimum Gasteiger partial charge on any atom is -0.477 e. The van der Waals surface area contributed by atoms with E-state index in [1.165, 1.54) is 7.11 Å². The van der Waals surface area contributed by atoms with Gasteiger partial charge in [-0.25, -0.2) is 14.3 Å². The Morgan fingerprint density at radius 3 is 2.61 bits per heavy atom. The fourth-order valence-corrected chi connectivity index (χ4v) is 2.40. The average Bonchev–Trinajstić information content (AvgIpc) is 2.93. The number of carboxylic acid groups (broad SMARTS) is 1. The topological polar surface area (TPSA) is 106 Å². The summed E-state index contributed by atoms with van der Waals surface area (Å²) >= 11 is 0. The Kier molecular flexibility index (Phi) is 3.57. The van der Waals surface area contributed by atoms with Crippen LogP contribution in [0.15, 0.2) is 36.0 Å². The number of benzene rings is 1. The Balaban J connectivity index is 2.03. The fraction of sp³-hybridized carbons (Fsp3) is 0.200. The third kappa shape index (κ3) is 2.66. The summed E-state index contributed by atoms with van der Waals surface area (Å²) in [6, 6.07) is 6.30. The van der Waals surface area contributed by atoms with Gasteiger partial charge >= 0.3 is 11.9 Å². The normalized spacial score (nSPS) is 16.1. The molecule has 0 bridgehead atoms. The highest BCUT2D eigenvalue weighted by molar-refractivity contribution is 5.90. The van der Waals surface area contributed by atoms with Crippen LogP contribution in [0.5, 0.6) is 0 Å². The van der Waals surface area contributed by atoms with Crippen LogP contribution in [-0.2, 0) is 9.53 Å². The predicted molar refractivity (Wildman–Crippen MR) is 80.0 cm³/mol. The summed E-state index contributed by atoms with van der Waals surface area (Å²) in [4.78, 5) is 27.0. The van der Waals surface area contributed by atoms with Gasteiger partial charge in [0.15, 0.2) is 0 Å². The van der Waals surface area contributed by atoms with Gasteiger partial charge in [0.25, 0.3) is 0 Å². The molecule has 23 heavy (non-hydrogen) atoms. The third-order valence-corrected chi connectivity index (χ3v) is 3.48. The van der Waals surface area contributed by atoms with Crippen molar-refractivity contribution in [1.82, 2.24) is 14.8 Å². The zero-order valence-corrected chi connectivity index (χ0v) is 12.5. The van der Waals surface area contributed by atoms with Crippen molar-refractivity contribution in [2.24, 2.45) is 0 Å². The van der Waals surface area contributed by atoms with Crippen LogP contribution in [0.2, 0.25) is 0 Å². The first-order chi connectivity index (χ1) is 11.0. The number of aryl methyl sites for hydroxylation is 1. The van der Waals surface area contributed by atoms with Crippen LogP contribution >= 0.6 is 0 Å². The molecule has 1 aliphatic heterocycles. The van der Waals surface area contributed by atoms with Crippen LogP contribution < -0.4 is 5.32 Å². The lowest BCUT2D eigenvalue weighted by Crippen LogP contribution is -2.24. The number of aromatic nitrogens is 3. The molecule has 0 saturated heterocycles. The first-order valence-corrected chi connectivity index (χ1v) is 6.83. The van der Waals surface area contributed by atoms with E-state index in [0.717, 1.165) is 5.56 Å². The number of carbonyl (C=O) groups excluding carboxylic acids is 1. The number of esters is 1. The largest absolute Gasteiger partial charge is 0.477 e. The molecule has 0 radical (unpaired) electrons. The molecule has 8 nitrogen and oxygen atoms in total. The van der Waals surface area contributed by atoms with Crippen molar-refractivity contribution in [2.45, 2.75) is 13.0 Å². The molecule has 2 heterocycles. The molecule has 1 atom stereocenters. The highest BCUT2D eigenvalue weighted by atomic mass is 16.5. The van der Waals surface area contributed by atoms with Gasteiger partial charge in [-0.1, -0.05) is 12.1 Å². The van der Waals surface area contributed by atoms with Crippen molar-refractivity contribution in [3.8, 4) is 0 Å². The van der Waals surface area contributed by atoms with E-state index in [4.69, 9.17) is 0 Å². The van der Waals surface area contributed by atoms with Gasteiger partial charge in [-0.2, -0.15) is 10.1 Å². The molecule has 0 spiro atoms. The zero-order chi connectivity index (χ0) is 16.6. The van der Waals surface area contributed by atoms with E-state index in [1.54, 1.807) is 41.9 Å². The van der Waals surface area contributed by atoms with Crippen molar-refractivity contribution in [3.63, 3.8) is 0 Å². The maximum Gasteiger partial charge on any atom is 0.352 e. The average molecular weight is 314 g/mol. The number of carbonyl (C=O) groups is 2. The number of allylic oxidation sites excluding steroid dienone is 1. The SMILES string of the molecule is COC(=O)c1ccc(C2C=C(C(=O)O)Nc3nc(C)nn32)cc1. The lowest BCUT2D eigenvalue weighted by Gasteiger charge is -2.22. The molecular weight excluding hydrogens is 300 g/mol. The van der Waals surface area contributed by atoms with Gasteiger partial charge in [-0.3, -0.25) is 0 Å². The number of fused-ring (bicyclic) bond motifs is 1. The number of aliphatic carboxylic acids is 1. The molecule has 1 unspecified atom stereocenters. The van der Waals surface area contributed by atoms with E-state index >= 15 is 0 Å². The van der Waals surface area contributed by atoms with Gasteiger partial charge in [0.05, 0.1) is 12.7 Å². The number of anilines is 1. The second-order valence-corrected chi connectivity index (χ2v) is 5.00. The second kappa shape index (κ2) is 5.56. The van der Waals surface area contributed by atoms with Crippen molar-refractivity contribution < 1.29 is 19.4 Å². The summed E-state index contributed by atoms with van der Waals surface area (Å²) in [7, 11) is 1.31. The molecule has 1 aliphatic rings. The molecule has 1 aromatic heterocycles. The number of carboxylic acids is 1. The van der Waals surface area contributed by atoms with Crippen molar-refractivity contribution in [2.75, 3.05) is 12.4 Å². The number of methoxy groups -OCH3 is 1. The molecular formula is C15H14N4O4. The van der Waals surface area contributed by atoms with Crippen molar-refractivity contribution >= 4 is 17.9 Å². The van der Waals surface area contributed by atoms with Gasteiger partial charge in [0.2, 0.25) is 5.95 Å². The van der Waals surface area contributed by atoms with E-state index in [2.05, 4.69) is 20.1 Å². The number of ether oxygens (including phenoxy) is 1. The van der Waals surface area contributed by atoms with Crippen LogP contribution in [0.4, 0.5) is 5.95 Å². The number of nitrogens with one attached hydrogen (secondary N) is 1. The molecule has 0 saturated carbocycles. The molecule has 118 valence electrons. The summed E-state index contributed by atoms with van der Waals surface area (Å²) in [5.41, 5.74) is 1.23. The molecule has 1 aromatic carbocycles. The van der Waals surface area contributed by atoms with Crippen LogP contribution in [0.25, 0.3) is 0 Å². The van der Waals surface area contributed by atoms with Gasteiger partial charge in [0.1, 0.15) is 17.6 Å². The molecule has 2 aromatic rings. The first-order valence-electron chi connectivity index (χ1n) is 6.83. The minimum atomic E-state index is -1.08. The molecule has 0 aliphatic carbocycles. The quantitative estimate of drug-likeness (QED) is 0.824. The number of rotatable bonds is 3. The predicted octanol–water partition coefficient (Wildman–Crippen LogP) is 1.36. The molecule has 0 fully saturated rings. The standard InChI is InChI=1S/C15H14N4O4/c1-8-16-15-17-11(13(20)21)7-12(19(15)18-8)9-3-5-10(6-4-9)14(22)23-2/h3-7,12H,1-2H3,(H,20,21)(H,16,17,18). The molecule has 8 heteroatoms. The molecule has 3 rings (SSSR count). The summed E-state index contributed by atoms with van der Waals surface area (Å²) in [6.45, 7) is 1.73. The Morgan fingerprint density at radius 2 is 2.00 bits per heavy atom. The second-order valence-electron chi connectivity index (χ2n) is 5.00. The molecule has 0 amide bonds. The Morgan fingerprint density at radius 1 is 1.30 bits per heavy atom. The van der Waals surface area contributed by atoms with Crippen LogP contribution in [0.1, 0.15) is 27.8 Å². The lowest BCUT2D eigenvalue weighted by molar-refractivity contribution is -0.132. The summed E-state index contributed by atoms with van der Waals surface area (Å²) in [5, 5.41) is 16.3. The summed E-state index contributed by atoms with van der Waals surface area (Å²) in [6.07, 6.45) is 1.55.